The van der Waals surface area contributed by atoms with Crippen molar-refractivity contribution in [3.63, 3.8) is 0 Å². The van der Waals surface area contributed by atoms with E-state index in [-0.39, 0.29) is 11.7 Å². The molecule has 1 aromatic carbocycles. The lowest BCUT2D eigenvalue weighted by Crippen LogP contribution is -2.23. The van der Waals surface area contributed by atoms with Crippen molar-refractivity contribution in [1.82, 2.24) is 15.1 Å². The second-order valence-corrected chi connectivity index (χ2v) is 4.70. The second kappa shape index (κ2) is 7.38. The van der Waals surface area contributed by atoms with Gasteiger partial charge in [0.2, 0.25) is 5.91 Å². The third-order valence-electron chi connectivity index (χ3n) is 3.05. The lowest BCUT2D eigenvalue weighted by Gasteiger charge is -2.02. The molecule has 0 saturated carbocycles. The topological polar surface area (TPSA) is 46.9 Å². The summed E-state index contributed by atoms with van der Waals surface area (Å²) in [4.78, 5) is 11.4. The zero-order valence-corrected chi connectivity index (χ0v) is 11.8. The monoisotopic (exact) mass is 287 g/mol. The van der Waals surface area contributed by atoms with Crippen molar-refractivity contribution < 1.29 is 9.18 Å². The van der Waals surface area contributed by atoms with E-state index < -0.39 is 0 Å². The van der Waals surface area contributed by atoms with Crippen molar-refractivity contribution in [3.05, 3.63) is 55.1 Å². The molecular formula is C16H18FN3O. The Morgan fingerprint density at radius 1 is 1.33 bits per heavy atom. The van der Waals surface area contributed by atoms with Crippen LogP contribution in [0.1, 0.15) is 12.8 Å². The highest BCUT2D eigenvalue weighted by atomic mass is 19.1. The summed E-state index contributed by atoms with van der Waals surface area (Å²) in [5.41, 5.74) is 1.86. The fraction of sp³-hybridized carbons (Fsp3) is 0.250. The zero-order valence-electron chi connectivity index (χ0n) is 11.8. The number of hydrogen-bond acceptors (Lipinski definition) is 2. The Bertz CT molecular complexity index is 604. The quantitative estimate of drug-likeness (QED) is 0.796. The molecule has 0 bridgehead atoms. The molecular weight excluding hydrogens is 269 g/mol. The van der Waals surface area contributed by atoms with Crippen molar-refractivity contribution in [3.8, 4) is 11.1 Å². The van der Waals surface area contributed by atoms with Crippen molar-refractivity contribution in [1.29, 1.82) is 0 Å². The van der Waals surface area contributed by atoms with E-state index in [1.165, 1.54) is 12.1 Å². The Morgan fingerprint density at radius 3 is 2.81 bits per heavy atom. The number of nitrogens with one attached hydrogen (secondary N) is 1. The van der Waals surface area contributed by atoms with E-state index in [4.69, 9.17) is 0 Å². The molecule has 0 unspecified atom stereocenters. The normalized spacial score (nSPS) is 10.3. The molecule has 0 aliphatic heterocycles. The average molecular weight is 287 g/mol. The Labute approximate surface area is 123 Å². The summed E-state index contributed by atoms with van der Waals surface area (Å²) in [6.07, 6.45) is 6.47. The number of aryl methyl sites for hydroxylation is 1. The van der Waals surface area contributed by atoms with Crippen LogP contribution in [0.15, 0.2) is 49.3 Å². The number of benzene rings is 1. The van der Waals surface area contributed by atoms with Gasteiger partial charge in [0.15, 0.2) is 0 Å². The first-order chi connectivity index (χ1) is 10.2. The van der Waals surface area contributed by atoms with Crippen LogP contribution in [0.3, 0.4) is 0 Å². The number of aromatic nitrogens is 2. The predicted molar refractivity (Wildman–Crippen MR) is 80.1 cm³/mol. The third-order valence-corrected chi connectivity index (χ3v) is 3.05. The van der Waals surface area contributed by atoms with Crippen LogP contribution in [-0.4, -0.2) is 22.2 Å². The molecule has 1 heterocycles. The molecule has 1 aromatic heterocycles. The molecule has 1 amide bonds. The predicted octanol–water partition coefficient (Wildman–Crippen LogP) is 2.77. The highest BCUT2D eigenvalue weighted by Crippen LogP contribution is 2.18. The van der Waals surface area contributed by atoms with Crippen molar-refractivity contribution >= 4 is 5.91 Å². The molecule has 0 aliphatic carbocycles. The van der Waals surface area contributed by atoms with Gasteiger partial charge in [0.1, 0.15) is 5.82 Å². The lowest BCUT2D eigenvalue weighted by atomic mass is 10.1. The highest BCUT2D eigenvalue weighted by molar-refractivity contribution is 5.75. The molecule has 0 saturated heterocycles. The fourth-order valence-corrected chi connectivity index (χ4v) is 1.95. The van der Waals surface area contributed by atoms with Gasteiger partial charge in [-0.2, -0.15) is 5.10 Å². The number of amides is 1. The Balaban J connectivity index is 1.84. The molecule has 0 spiro atoms. The minimum atomic E-state index is -0.253. The van der Waals surface area contributed by atoms with Crippen LogP contribution < -0.4 is 5.32 Å². The number of carbonyl (C=O) groups excluding carboxylic acids is 1. The van der Waals surface area contributed by atoms with Crippen LogP contribution in [-0.2, 0) is 11.3 Å². The first-order valence-electron chi connectivity index (χ1n) is 6.85. The fourth-order valence-electron chi connectivity index (χ4n) is 1.95. The smallest absolute Gasteiger partial charge is 0.220 e. The molecule has 0 radical (unpaired) electrons. The highest BCUT2D eigenvalue weighted by Gasteiger charge is 2.04. The summed E-state index contributed by atoms with van der Waals surface area (Å²) < 4.78 is 14.7. The number of carbonyl (C=O) groups is 1. The van der Waals surface area contributed by atoms with Crippen LogP contribution >= 0.6 is 0 Å². The van der Waals surface area contributed by atoms with E-state index >= 15 is 0 Å². The summed E-state index contributed by atoms with van der Waals surface area (Å²) in [7, 11) is 0. The first-order valence-corrected chi connectivity index (χ1v) is 6.85. The second-order valence-electron chi connectivity index (χ2n) is 4.70. The number of nitrogens with zero attached hydrogens (tertiary/aromatic N) is 2. The van der Waals surface area contributed by atoms with E-state index in [0.29, 0.717) is 25.9 Å². The largest absolute Gasteiger partial charge is 0.353 e. The van der Waals surface area contributed by atoms with Gasteiger partial charge >= 0.3 is 0 Å². The van der Waals surface area contributed by atoms with Crippen molar-refractivity contribution in [2.45, 2.75) is 19.4 Å². The molecule has 0 atom stereocenters. The summed E-state index contributed by atoms with van der Waals surface area (Å²) in [5, 5.41) is 6.98. The van der Waals surface area contributed by atoms with Gasteiger partial charge in [-0.05, 0) is 24.1 Å². The van der Waals surface area contributed by atoms with E-state index in [1.54, 1.807) is 29.1 Å². The van der Waals surface area contributed by atoms with Crippen LogP contribution in [0.25, 0.3) is 11.1 Å². The minimum Gasteiger partial charge on any atom is -0.353 e. The first kappa shape index (κ1) is 15.0. The molecule has 1 N–H and O–H groups in total. The molecule has 110 valence electrons. The average Bonchev–Trinajstić information content (AvgIpc) is 2.95. The standard InChI is InChI=1S/C16H18FN3O/c1-2-9-18-16(21)4-3-10-20-12-14(11-19-20)13-5-7-15(17)8-6-13/h2,5-8,11-12H,1,3-4,9-10H2,(H,18,21). The molecule has 4 nitrogen and oxygen atoms in total. The van der Waals surface area contributed by atoms with Crippen molar-refractivity contribution in [2.75, 3.05) is 6.54 Å². The van der Waals surface area contributed by atoms with Gasteiger partial charge in [-0.1, -0.05) is 18.2 Å². The number of rotatable bonds is 7. The molecule has 5 heteroatoms. The summed E-state index contributed by atoms with van der Waals surface area (Å²) in [6, 6.07) is 6.30. The maximum absolute atomic E-state index is 12.9. The van der Waals surface area contributed by atoms with Gasteiger partial charge in [0.25, 0.3) is 0 Å². The summed E-state index contributed by atoms with van der Waals surface area (Å²) in [5.74, 6) is -0.238. The van der Waals surface area contributed by atoms with Gasteiger partial charge in [-0.3, -0.25) is 9.48 Å². The van der Waals surface area contributed by atoms with Gasteiger partial charge in [-0.15, -0.1) is 6.58 Å². The van der Waals surface area contributed by atoms with Gasteiger partial charge in [-0.25, -0.2) is 4.39 Å². The van der Waals surface area contributed by atoms with Gasteiger partial charge < -0.3 is 5.32 Å². The van der Waals surface area contributed by atoms with Gasteiger partial charge in [0.05, 0.1) is 6.20 Å². The van der Waals surface area contributed by atoms with Crippen molar-refractivity contribution in [2.24, 2.45) is 0 Å². The maximum Gasteiger partial charge on any atom is 0.220 e. The van der Waals surface area contributed by atoms with Crippen LogP contribution in [0, 0.1) is 5.82 Å². The molecule has 0 aliphatic rings. The van der Waals surface area contributed by atoms with Crippen LogP contribution in [0.4, 0.5) is 4.39 Å². The maximum atomic E-state index is 12.9. The Morgan fingerprint density at radius 2 is 2.10 bits per heavy atom. The van der Waals surface area contributed by atoms with E-state index in [1.807, 2.05) is 6.20 Å². The Hall–Kier alpha value is -2.43. The van der Waals surface area contributed by atoms with E-state index in [2.05, 4.69) is 17.0 Å². The molecule has 0 fully saturated rings. The SMILES string of the molecule is C=CCNC(=O)CCCn1cc(-c2ccc(F)cc2)cn1. The minimum absolute atomic E-state index is 0.0146. The molecule has 2 aromatic rings. The Kier molecular flexibility index (Phi) is 5.26. The van der Waals surface area contributed by atoms with E-state index in [9.17, 15) is 9.18 Å². The third kappa shape index (κ3) is 4.56. The summed E-state index contributed by atoms with van der Waals surface area (Å²) >= 11 is 0. The molecule has 21 heavy (non-hydrogen) atoms. The molecule has 2 rings (SSSR count). The summed E-state index contributed by atoms with van der Waals surface area (Å²) in [6.45, 7) is 4.71. The van der Waals surface area contributed by atoms with E-state index in [0.717, 1.165) is 11.1 Å². The number of halogens is 1. The lowest BCUT2D eigenvalue weighted by molar-refractivity contribution is -0.121. The van der Waals surface area contributed by atoms with Crippen LogP contribution in [0.2, 0.25) is 0 Å². The number of hydrogen-bond donors (Lipinski definition) is 1. The van der Waals surface area contributed by atoms with Gasteiger partial charge in [0, 0.05) is 31.3 Å². The van der Waals surface area contributed by atoms with Crippen LogP contribution in [0.5, 0.6) is 0 Å². The zero-order chi connectivity index (χ0) is 15.1.